The Morgan fingerprint density at radius 3 is 2.85 bits per heavy atom. The first-order chi connectivity index (χ1) is 9.40. The maximum Gasteiger partial charge on any atom is 0.224 e. The van der Waals surface area contributed by atoms with E-state index in [0.29, 0.717) is 18.1 Å². The van der Waals surface area contributed by atoms with E-state index < -0.39 is 0 Å². The summed E-state index contributed by atoms with van der Waals surface area (Å²) in [5.74, 6) is 0.531. The van der Waals surface area contributed by atoms with Gasteiger partial charge in [-0.3, -0.25) is 0 Å². The van der Waals surface area contributed by atoms with Crippen LogP contribution in [0, 0.1) is 5.41 Å². The molecule has 20 heavy (non-hydrogen) atoms. The van der Waals surface area contributed by atoms with Gasteiger partial charge in [-0.05, 0) is 42.7 Å². The van der Waals surface area contributed by atoms with Gasteiger partial charge in [0, 0.05) is 5.69 Å². The van der Waals surface area contributed by atoms with Gasteiger partial charge in [0.2, 0.25) is 5.88 Å². The average molecular weight is 277 g/mol. The van der Waals surface area contributed by atoms with Gasteiger partial charge in [0.25, 0.3) is 0 Å². The van der Waals surface area contributed by atoms with Crippen LogP contribution in [0.5, 0.6) is 5.88 Å². The Morgan fingerprint density at radius 2 is 2.20 bits per heavy atom. The molecule has 1 aliphatic carbocycles. The summed E-state index contributed by atoms with van der Waals surface area (Å²) in [6.07, 6.45) is 3.99. The second kappa shape index (κ2) is 5.69. The fourth-order valence-corrected chi connectivity index (χ4v) is 2.25. The maximum absolute atomic E-state index is 8.90. The smallest absolute Gasteiger partial charge is 0.224 e. The van der Waals surface area contributed by atoms with Crippen LogP contribution >= 0.6 is 0 Å². The van der Waals surface area contributed by atoms with Crippen molar-refractivity contribution in [3.8, 4) is 5.88 Å². The molecule has 0 amide bonds. The average Bonchev–Trinajstić information content (AvgIpc) is 2.82. The summed E-state index contributed by atoms with van der Waals surface area (Å²) >= 11 is 0. The predicted molar refractivity (Wildman–Crippen MR) is 78.3 cm³/mol. The van der Waals surface area contributed by atoms with Crippen LogP contribution in [0.2, 0.25) is 0 Å². The van der Waals surface area contributed by atoms with Crippen LogP contribution in [-0.4, -0.2) is 22.6 Å². The fraction of sp³-hybridized carbons (Fsp3) is 0.600. The van der Waals surface area contributed by atoms with Crippen LogP contribution in [0.25, 0.3) is 0 Å². The standard InChI is InChI=1S/C15H23N3O2/c1-15(2,3)7-8-20-14-11(13(16)18-19)9-10-5-4-6-12(10)17-14/h9,19H,4-8H2,1-3H3,(H2,16,18). The molecule has 0 saturated heterocycles. The summed E-state index contributed by atoms with van der Waals surface area (Å²) in [4.78, 5) is 4.55. The summed E-state index contributed by atoms with van der Waals surface area (Å²) in [5.41, 5.74) is 8.76. The summed E-state index contributed by atoms with van der Waals surface area (Å²) in [5, 5.41) is 12.0. The zero-order chi connectivity index (χ0) is 14.8. The molecule has 1 heterocycles. The number of nitrogens with two attached hydrogens (primary N) is 1. The number of rotatable bonds is 4. The molecule has 0 radical (unpaired) electrons. The molecule has 0 atom stereocenters. The third-order valence-corrected chi connectivity index (χ3v) is 3.49. The van der Waals surface area contributed by atoms with Crippen molar-refractivity contribution in [3.63, 3.8) is 0 Å². The zero-order valence-electron chi connectivity index (χ0n) is 12.4. The molecule has 0 fully saturated rings. The molecule has 1 aromatic rings. The first kappa shape index (κ1) is 14.6. The van der Waals surface area contributed by atoms with E-state index in [1.165, 1.54) is 5.56 Å². The SMILES string of the molecule is CC(C)(C)CCOc1nc2c(cc1C(N)=NO)CCC2. The van der Waals surface area contributed by atoms with E-state index in [-0.39, 0.29) is 11.3 Å². The van der Waals surface area contributed by atoms with Crippen molar-refractivity contribution in [1.29, 1.82) is 0 Å². The van der Waals surface area contributed by atoms with E-state index in [1.54, 1.807) is 0 Å². The van der Waals surface area contributed by atoms with E-state index >= 15 is 0 Å². The minimum atomic E-state index is 0.0537. The topological polar surface area (TPSA) is 80.7 Å². The van der Waals surface area contributed by atoms with Gasteiger partial charge in [0.1, 0.15) is 0 Å². The molecule has 1 aliphatic rings. The first-order valence-corrected chi connectivity index (χ1v) is 7.04. The molecule has 0 bridgehead atoms. The lowest BCUT2D eigenvalue weighted by Gasteiger charge is -2.19. The largest absolute Gasteiger partial charge is 0.477 e. The summed E-state index contributed by atoms with van der Waals surface area (Å²) in [7, 11) is 0. The van der Waals surface area contributed by atoms with E-state index in [9.17, 15) is 0 Å². The van der Waals surface area contributed by atoms with Gasteiger partial charge >= 0.3 is 0 Å². The number of hydrogen-bond acceptors (Lipinski definition) is 4. The van der Waals surface area contributed by atoms with Crippen LogP contribution in [0.3, 0.4) is 0 Å². The molecule has 2 rings (SSSR count). The van der Waals surface area contributed by atoms with Crippen molar-refractivity contribution in [3.05, 3.63) is 22.9 Å². The van der Waals surface area contributed by atoms with Gasteiger partial charge in [0.15, 0.2) is 5.84 Å². The lowest BCUT2D eigenvalue weighted by molar-refractivity contribution is 0.235. The minimum absolute atomic E-state index is 0.0537. The number of ether oxygens (including phenoxy) is 1. The molecule has 1 aromatic heterocycles. The monoisotopic (exact) mass is 277 g/mol. The highest BCUT2D eigenvalue weighted by molar-refractivity contribution is 5.99. The van der Waals surface area contributed by atoms with Crippen LogP contribution < -0.4 is 10.5 Å². The van der Waals surface area contributed by atoms with Crippen molar-refractivity contribution in [2.24, 2.45) is 16.3 Å². The summed E-state index contributed by atoms with van der Waals surface area (Å²) in [6.45, 7) is 7.06. The Morgan fingerprint density at radius 1 is 1.45 bits per heavy atom. The molecule has 5 heteroatoms. The maximum atomic E-state index is 8.90. The highest BCUT2D eigenvalue weighted by Crippen LogP contribution is 2.27. The van der Waals surface area contributed by atoms with Crippen molar-refractivity contribution in [2.45, 2.75) is 46.5 Å². The molecular formula is C15H23N3O2. The number of aryl methyl sites for hydroxylation is 2. The molecule has 5 nitrogen and oxygen atoms in total. The van der Waals surface area contributed by atoms with E-state index in [2.05, 4.69) is 30.9 Å². The Kier molecular flexibility index (Phi) is 4.16. The van der Waals surface area contributed by atoms with Crippen molar-refractivity contribution in [1.82, 2.24) is 4.98 Å². The molecule has 0 aliphatic heterocycles. The number of nitrogens with zero attached hydrogens (tertiary/aromatic N) is 2. The van der Waals surface area contributed by atoms with Crippen LogP contribution in [0.4, 0.5) is 0 Å². The highest BCUT2D eigenvalue weighted by Gasteiger charge is 2.20. The Balaban J connectivity index is 2.22. The van der Waals surface area contributed by atoms with Crippen LogP contribution in [0.1, 0.15) is 50.4 Å². The van der Waals surface area contributed by atoms with Crippen molar-refractivity contribution >= 4 is 5.84 Å². The number of aromatic nitrogens is 1. The fourth-order valence-electron chi connectivity index (χ4n) is 2.25. The molecule has 0 aromatic carbocycles. The molecule has 0 saturated carbocycles. The third-order valence-electron chi connectivity index (χ3n) is 3.49. The molecule has 110 valence electrons. The third kappa shape index (κ3) is 3.40. The highest BCUT2D eigenvalue weighted by atomic mass is 16.5. The number of fused-ring (bicyclic) bond motifs is 1. The van der Waals surface area contributed by atoms with Crippen molar-refractivity contribution < 1.29 is 9.94 Å². The number of pyridine rings is 1. The van der Waals surface area contributed by atoms with Gasteiger partial charge in [0.05, 0.1) is 12.2 Å². The number of oxime groups is 1. The Labute approximate surface area is 119 Å². The Hall–Kier alpha value is -1.78. The quantitative estimate of drug-likeness (QED) is 0.383. The second-order valence-electron chi connectivity index (χ2n) is 6.44. The van der Waals surface area contributed by atoms with Gasteiger partial charge in [-0.25, -0.2) is 4.98 Å². The molecule has 0 unspecified atom stereocenters. The molecule has 3 N–H and O–H groups in total. The number of hydrogen-bond donors (Lipinski definition) is 2. The predicted octanol–water partition coefficient (Wildman–Crippen LogP) is 2.48. The summed E-state index contributed by atoms with van der Waals surface area (Å²) in [6, 6.07) is 1.94. The lowest BCUT2D eigenvalue weighted by atomic mass is 9.93. The van der Waals surface area contributed by atoms with Crippen LogP contribution in [0.15, 0.2) is 11.2 Å². The minimum Gasteiger partial charge on any atom is -0.477 e. The van der Waals surface area contributed by atoms with E-state index in [4.69, 9.17) is 15.7 Å². The van der Waals surface area contributed by atoms with Crippen molar-refractivity contribution in [2.75, 3.05) is 6.61 Å². The molecular weight excluding hydrogens is 254 g/mol. The normalized spacial score (nSPS) is 15.2. The van der Waals surface area contributed by atoms with Gasteiger partial charge in [-0.1, -0.05) is 25.9 Å². The van der Waals surface area contributed by atoms with E-state index in [1.807, 2.05) is 6.07 Å². The van der Waals surface area contributed by atoms with Crippen LogP contribution in [-0.2, 0) is 12.8 Å². The van der Waals surface area contributed by atoms with Gasteiger partial charge < -0.3 is 15.7 Å². The second-order valence-corrected chi connectivity index (χ2v) is 6.44. The van der Waals surface area contributed by atoms with E-state index in [0.717, 1.165) is 31.4 Å². The lowest BCUT2D eigenvalue weighted by Crippen LogP contribution is -2.18. The summed E-state index contributed by atoms with van der Waals surface area (Å²) < 4.78 is 5.78. The number of amidine groups is 1. The van der Waals surface area contributed by atoms with Gasteiger partial charge in [-0.2, -0.15) is 0 Å². The first-order valence-electron chi connectivity index (χ1n) is 7.04. The Bertz CT molecular complexity index is 519. The van der Waals surface area contributed by atoms with Gasteiger partial charge in [-0.15, -0.1) is 0 Å². The zero-order valence-corrected chi connectivity index (χ0v) is 12.4. The molecule has 0 spiro atoms.